The van der Waals surface area contributed by atoms with Gasteiger partial charge in [0.05, 0.1) is 51.4 Å². The van der Waals surface area contributed by atoms with E-state index >= 15 is 0 Å². The molecular formula is C28H52N4O2+2. The lowest BCUT2D eigenvalue weighted by molar-refractivity contribution is -0.906. The summed E-state index contributed by atoms with van der Waals surface area (Å²) in [6.07, 6.45) is 11.3. The van der Waals surface area contributed by atoms with Gasteiger partial charge in [-0.25, -0.2) is 0 Å². The molecule has 2 heterocycles. The van der Waals surface area contributed by atoms with Crippen molar-refractivity contribution in [2.75, 3.05) is 79.5 Å². The fourth-order valence-electron chi connectivity index (χ4n) is 5.67. The number of hydrogen-bond donors (Lipinski definition) is 0. The summed E-state index contributed by atoms with van der Waals surface area (Å²) in [5.41, 5.74) is 2.03. The molecule has 2 rings (SSSR count). The van der Waals surface area contributed by atoms with Gasteiger partial charge in [-0.3, -0.25) is 9.59 Å². The average molecular weight is 477 g/mol. The molecule has 2 atom stereocenters. The molecule has 6 nitrogen and oxygen atoms in total. The first kappa shape index (κ1) is 28.6. The topological polar surface area (TPSA) is 40.6 Å². The van der Waals surface area contributed by atoms with E-state index < -0.39 is 0 Å². The summed E-state index contributed by atoms with van der Waals surface area (Å²) >= 11 is 0. The predicted octanol–water partition coefficient (Wildman–Crippen LogP) is 3.84. The highest BCUT2D eigenvalue weighted by atomic mass is 16.2. The van der Waals surface area contributed by atoms with Crippen LogP contribution < -0.4 is 0 Å². The van der Waals surface area contributed by atoms with E-state index in [1.807, 2.05) is 9.80 Å². The lowest BCUT2D eigenvalue weighted by Crippen LogP contribution is -2.51. The van der Waals surface area contributed by atoms with E-state index in [4.69, 9.17) is 0 Å². The lowest BCUT2D eigenvalue weighted by atomic mass is 10.0. The molecule has 0 aromatic carbocycles. The summed E-state index contributed by atoms with van der Waals surface area (Å²) in [5, 5.41) is 0. The van der Waals surface area contributed by atoms with Gasteiger partial charge in [-0.15, -0.1) is 0 Å². The maximum Gasteiger partial charge on any atom is 0.255 e. The first-order chi connectivity index (χ1) is 16.2. The summed E-state index contributed by atoms with van der Waals surface area (Å²) < 4.78 is 1.99. The van der Waals surface area contributed by atoms with E-state index in [0.29, 0.717) is 0 Å². The van der Waals surface area contributed by atoms with Crippen LogP contribution in [0.25, 0.3) is 0 Å². The normalized spacial score (nSPS) is 24.9. The van der Waals surface area contributed by atoms with Crippen molar-refractivity contribution in [2.45, 2.75) is 66.2 Å². The fraction of sp³-hybridized carbons (Fsp3) is 0.786. The molecule has 0 aromatic heterocycles. The van der Waals surface area contributed by atoms with Gasteiger partial charge >= 0.3 is 0 Å². The molecule has 0 radical (unpaired) electrons. The van der Waals surface area contributed by atoms with Crippen LogP contribution >= 0.6 is 0 Å². The quantitative estimate of drug-likeness (QED) is 0.299. The van der Waals surface area contributed by atoms with Crippen molar-refractivity contribution in [2.24, 2.45) is 0 Å². The molecule has 34 heavy (non-hydrogen) atoms. The number of rotatable bonds is 13. The molecule has 0 spiro atoms. The molecule has 0 N–H and O–H groups in total. The number of likely N-dealkylation sites (N-methyl/N-ethyl adjacent to an activating group) is 4. The lowest BCUT2D eigenvalue weighted by Gasteiger charge is -2.39. The fourth-order valence-corrected chi connectivity index (χ4v) is 5.67. The molecule has 0 aliphatic carbocycles. The third-order valence-corrected chi connectivity index (χ3v) is 8.02. The molecule has 0 unspecified atom stereocenters. The highest BCUT2D eigenvalue weighted by Crippen LogP contribution is 2.22. The molecule has 194 valence electrons. The van der Waals surface area contributed by atoms with Gasteiger partial charge < -0.3 is 18.8 Å². The van der Waals surface area contributed by atoms with Crippen LogP contribution in [0.5, 0.6) is 0 Å². The molecule has 0 bridgehead atoms. The zero-order chi connectivity index (χ0) is 25.2. The Bertz CT molecular complexity index is 677. The van der Waals surface area contributed by atoms with Crippen LogP contribution in [0.15, 0.2) is 23.3 Å². The number of quaternary nitrogens is 2. The second kappa shape index (κ2) is 13.4. The van der Waals surface area contributed by atoms with Crippen LogP contribution in [-0.4, -0.2) is 110 Å². The smallest absolute Gasteiger partial charge is 0.255 e. The van der Waals surface area contributed by atoms with Crippen LogP contribution in [-0.2, 0) is 9.59 Å². The zero-order valence-corrected chi connectivity index (χ0v) is 23.1. The highest BCUT2D eigenvalue weighted by Gasteiger charge is 2.32. The zero-order valence-electron chi connectivity index (χ0n) is 23.1. The number of unbranched alkanes of at least 4 members (excludes halogenated alkanes) is 3. The Morgan fingerprint density at radius 3 is 1.35 bits per heavy atom. The second-order valence-corrected chi connectivity index (χ2v) is 10.9. The molecule has 0 fully saturated rings. The van der Waals surface area contributed by atoms with Gasteiger partial charge in [0.1, 0.15) is 13.1 Å². The minimum atomic E-state index is 0.237. The molecule has 0 aromatic rings. The minimum absolute atomic E-state index is 0.237. The Balaban J connectivity index is 1.73. The van der Waals surface area contributed by atoms with Crippen molar-refractivity contribution >= 4 is 11.8 Å². The Morgan fingerprint density at radius 2 is 1.03 bits per heavy atom. The maximum atomic E-state index is 12.8. The Hall–Kier alpha value is -1.66. The molecule has 2 amide bonds. The highest BCUT2D eigenvalue weighted by molar-refractivity contribution is 5.94. The molecule has 0 saturated heterocycles. The van der Waals surface area contributed by atoms with E-state index in [2.05, 4.69) is 53.9 Å². The molecule has 6 heteroatoms. The maximum absolute atomic E-state index is 12.8. The van der Waals surface area contributed by atoms with Crippen molar-refractivity contribution in [1.29, 1.82) is 0 Å². The Morgan fingerprint density at radius 1 is 0.676 bits per heavy atom. The third kappa shape index (κ3) is 7.94. The van der Waals surface area contributed by atoms with Crippen molar-refractivity contribution in [1.82, 2.24) is 9.80 Å². The number of nitrogens with zero attached hydrogens (tertiary/aromatic N) is 4. The first-order valence-corrected chi connectivity index (χ1v) is 13.8. The number of carbonyl (C=O) groups is 2. The van der Waals surface area contributed by atoms with Gasteiger partial charge in [0.2, 0.25) is 0 Å². The van der Waals surface area contributed by atoms with Crippen molar-refractivity contribution in [3.8, 4) is 0 Å². The van der Waals surface area contributed by atoms with Crippen LogP contribution in [0.4, 0.5) is 0 Å². The van der Waals surface area contributed by atoms with Crippen molar-refractivity contribution < 1.29 is 18.6 Å². The van der Waals surface area contributed by atoms with Gasteiger partial charge in [0.25, 0.3) is 11.8 Å². The predicted molar refractivity (Wildman–Crippen MR) is 141 cm³/mol. The van der Waals surface area contributed by atoms with Crippen LogP contribution in [0.3, 0.4) is 0 Å². The van der Waals surface area contributed by atoms with Gasteiger partial charge in [0.15, 0.2) is 0 Å². The summed E-state index contributed by atoms with van der Waals surface area (Å²) in [6, 6.07) is 0. The molecule has 0 saturated carbocycles. The molecule has 2 aliphatic rings. The second-order valence-electron chi connectivity index (χ2n) is 10.9. The van der Waals surface area contributed by atoms with E-state index in [9.17, 15) is 9.59 Å². The summed E-state index contributed by atoms with van der Waals surface area (Å²) in [4.78, 5) is 29.5. The van der Waals surface area contributed by atoms with E-state index in [1.165, 1.54) is 25.7 Å². The number of carbonyl (C=O) groups excluding carboxylic acids is 2. The molecule has 2 aliphatic heterocycles. The standard InChI is InChI=1S/C28H52N4O2/c1-7-29(8-2)27(33)25-17-15-21-31(5,23-25)19-13-11-12-14-20-32(6)22-16-18-26(24-32)28(34)30(9-3)10-4/h17-18H,7-16,19-24H2,1-6H3/q+2/t31-,32+. The van der Waals surface area contributed by atoms with Gasteiger partial charge in [-0.1, -0.05) is 12.2 Å². The average Bonchev–Trinajstić information content (AvgIpc) is 2.82. The van der Waals surface area contributed by atoms with Gasteiger partial charge in [-0.05, 0) is 53.4 Å². The summed E-state index contributed by atoms with van der Waals surface area (Å²) in [7, 11) is 4.65. The first-order valence-electron chi connectivity index (χ1n) is 13.8. The SMILES string of the molecule is CCN(CC)C(=O)C1=CCC[N@@+](C)(CCCCCC[N@@+]2(C)CCC=C(C(=O)N(CC)CC)C2)C1. The third-order valence-electron chi connectivity index (χ3n) is 8.02. The number of amides is 2. The van der Waals surface area contributed by atoms with Crippen molar-refractivity contribution in [3.63, 3.8) is 0 Å². The molecular weight excluding hydrogens is 424 g/mol. The van der Waals surface area contributed by atoms with E-state index in [1.54, 1.807) is 0 Å². The van der Waals surface area contributed by atoms with E-state index in [-0.39, 0.29) is 11.8 Å². The van der Waals surface area contributed by atoms with Crippen LogP contribution in [0.2, 0.25) is 0 Å². The monoisotopic (exact) mass is 476 g/mol. The largest absolute Gasteiger partial charge is 0.339 e. The Labute approximate surface area is 209 Å². The van der Waals surface area contributed by atoms with Crippen LogP contribution in [0.1, 0.15) is 66.2 Å². The van der Waals surface area contributed by atoms with Crippen LogP contribution in [0, 0.1) is 0 Å². The minimum Gasteiger partial charge on any atom is -0.339 e. The van der Waals surface area contributed by atoms with Gasteiger partial charge in [-0.2, -0.15) is 0 Å². The Kier molecular flexibility index (Phi) is 11.3. The van der Waals surface area contributed by atoms with E-state index in [0.717, 1.165) is 98.4 Å². The summed E-state index contributed by atoms with van der Waals surface area (Å²) in [5.74, 6) is 0.473. The summed E-state index contributed by atoms with van der Waals surface area (Å²) in [6.45, 7) is 17.7. The van der Waals surface area contributed by atoms with Gasteiger partial charge in [0, 0.05) is 39.0 Å². The number of hydrogen-bond acceptors (Lipinski definition) is 2. The van der Waals surface area contributed by atoms with Crippen molar-refractivity contribution in [3.05, 3.63) is 23.3 Å².